The quantitative estimate of drug-likeness (QED) is 0.432. The molecular formula is C24H22Cl2N2O2S. The van der Waals surface area contributed by atoms with E-state index < -0.39 is 0 Å². The molecule has 0 atom stereocenters. The predicted octanol–water partition coefficient (Wildman–Crippen LogP) is 5.70. The molecule has 0 N–H and O–H groups in total. The average molecular weight is 473 g/mol. The molecule has 4 rings (SSSR count). The summed E-state index contributed by atoms with van der Waals surface area (Å²) in [6, 6.07) is 15.2. The predicted molar refractivity (Wildman–Crippen MR) is 125 cm³/mol. The molecule has 1 aliphatic heterocycles. The monoisotopic (exact) mass is 472 g/mol. The number of likely N-dealkylation sites (tertiary alicyclic amines) is 1. The summed E-state index contributed by atoms with van der Waals surface area (Å²) in [4.78, 5) is 32.0. The number of ketones is 1. The van der Waals surface area contributed by atoms with E-state index in [0.717, 1.165) is 17.1 Å². The molecule has 0 spiro atoms. The van der Waals surface area contributed by atoms with Gasteiger partial charge in [0.05, 0.1) is 27.2 Å². The van der Waals surface area contributed by atoms with Gasteiger partial charge in [0, 0.05) is 36.4 Å². The molecule has 2 heterocycles. The normalized spacial score (nSPS) is 14.6. The van der Waals surface area contributed by atoms with Gasteiger partial charge in [-0.15, -0.1) is 11.3 Å². The lowest BCUT2D eigenvalue weighted by Crippen LogP contribution is -2.41. The van der Waals surface area contributed by atoms with E-state index >= 15 is 0 Å². The van der Waals surface area contributed by atoms with Gasteiger partial charge in [-0.3, -0.25) is 9.59 Å². The van der Waals surface area contributed by atoms with Gasteiger partial charge in [-0.2, -0.15) is 0 Å². The molecule has 4 nitrogen and oxygen atoms in total. The Hall–Kier alpha value is -2.21. The fourth-order valence-corrected chi connectivity index (χ4v) is 4.95. The number of nitrogens with zero attached hydrogens (tertiary/aromatic N) is 2. The lowest BCUT2D eigenvalue weighted by atomic mass is 9.89. The second-order valence-electron chi connectivity index (χ2n) is 7.72. The molecule has 1 fully saturated rings. The zero-order valence-corrected chi connectivity index (χ0v) is 19.2. The summed E-state index contributed by atoms with van der Waals surface area (Å²) in [5, 5.41) is 3.80. The van der Waals surface area contributed by atoms with Crippen LogP contribution < -0.4 is 0 Å². The summed E-state index contributed by atoms with van der Waals surface area (Å²) in [5.74, 6) is 0.0331. The van der Waals surface area contributed by atoms with Crippen LogP contribution in [0.1, 0.15) is 39.5 Å². The van der Waals surface area contributed by atoms with Crippen molar-refractivity contribution in [2.75, 3.05) is 13.1 Å². The van der Waals surface area contributed by atoms with Gasteiger partial charge in [-0.25, -0.2) is 4.98 Å². The van der Waals surface area contributed by atoms with Crippen LogP contribution in [0.5, 0.6) is 0 Å². The molecule has 7 heteroatoms. The molecule has 0 unspecified atom stereocenters. The lowest BCUT2D eigenvalue weighted by Gasteiger charge is -2.31. The highest BCUT2D eigenvalue weighted by molar-refractivity contribution is 7.09. The maximum atomic E-state index is 12.8. The van der Waals surface area contributed by atoms with Crippen LogP contribution >= 0.6 is 34.5 Å². The molecule has 160 valence electrons. The molecule has 2 aromatic carbocycles. The topological polar surface area (TPSA) is 50.3 Å². The SMILES string of the molecule is O=C(c1ccc(Cl)c(Cl)c1)C1CCN(C(=O)Cc2csc(Cc3ccccc3)n2)CC1. The summed E-state index contributed by atoms with van der Waals surface area (Å²) < 4.78 is 0. The smallest absolute Gasteiger partial charge is 0.228 e. The van der Waals surface area contributed by atoms with Crippen LogP contribution in [-0.2, 0) is 17.6 Å². The van der Waals surface area contributed by atoms with Crippen molar-refractivity contribution in [1.82, 2.24) is 9.88 Å². The van der Waals surface area contributed by atoms with Gasteiger partial charge in [-0.05, 0) is 36.6 Å². The number of thiazole rings is 1. The second-order valence-corrected chi connectivity index (χ2v) is 9.48. The van der Waals surface area contributed by atoms with Gasteiger partial charge in [0.1, 0.15) is 0 Å². The molecule has 3 aromatic rings. The molecule has 1 saturated heterocycles. The minimum Gasteiger partial charge on any atom is -0.342 e. The number of hydrogen-bond acceptors (Lipinski definition) is 4. The summed E-state index contributed by atoms with van der Waals surface area (Å²) >= 11 is 13.6. The maximum Gasteiger partial charge on any atom is 0.228 e. The number of halogens is 2. The fourth-order valence-electron chi connectivity index (χ4n) is 3.82. The number of rotatable bonds is 6. The van der Waals surface area contributed by atoms with Crippen molar-refractivity contribution in [2.24, 2.45) is 5.92 Å². The number of aromatic nitrogens is 1. The van der Waals surface area contributed by atoms with Crippen LogP contribution in [-0.4, -0.2) is 34.7 Å². The third kappa shape index (κ3) is 5.53. The maximum absolute atomic E-state index is 12.8. The van der Waals surface area contributed by atoms with E-state index in [1.165, 1.54) is 5.56 Å². The van der Waals surface area contributed by atoms with E-state index in [2.05, 4.69) is 17.1 Å². The van der Waals surface area contributed by atoms with Crippen molar-refractivity contribution in [3.8, 4) is 0 Å². The van der Waals surface area contributed by atoms with Crippen molar-refractivity contribution in [3.05, 3.63) is 85.8 Å². The van der Waals surface area contributed by atoms with Crippen molar-refractivity contribution < 1.29 is 9.59 Å². The van der Waals surface area contributed by atoms with E-state index in [4.69, 9.17) is 23.2 Å². The van der Waals surface area contributed by atoms with Crippen LogP contribution in [0.15, 0.2) is 53.9 Å². The molecule has 1 aromatic heterocycles. The van der Waals surface area contributed by atoms with Gasteiger partial charge < -0.3 is 4.90 Å². The van der Waals surface area contributed by atoms with Crippen molar-refractivity contribution in [2.45, 2.75) is 25.7 Å². The van der Waals surface area contributed by atoms with E-state index in [0.29, 0.717) is 48.0 Å². The van der Waals surface area contributed by atoms with Crippen LogP contribution in [0.25, 0.3) is 0 Å². The summed E-state index contributed by atoms with van der Waals surface area (Å²) in [5.41, 5.74) is 2.60. The van der Waals surface area contributed by atoms with Gasteiger partial charge in [0.15, 0.2) is 5.78 Å². The molecule has 0 saturated carbocycles. The number of Topliss-reactive ketones (excluding diaryl/α,β-unsaturated/α-hetero) is 1. The van der Waals surface area contributed by atoms with Crippen LogP contribution in [0.4, 0.5) is 0 Å². The third-order valence-electron chi connectivity index (χ3n) is 5.55. The van der Waals surface area contributed by atoms with Crippen molar-refractivity contribution in [3.63, 3.8) is 0 Å². The first kappa shape index (κ1) is 22.0. The van der Waals surface area contributed by atoms with E-state index in [9.17, 15) is 9.59 Å². The number of carbonyl (C=O) groups is 2. The number of benzene rings is 2. The van der Waals surface area contributed by atoms with Crippen LogP contribution in [0.2, 0.25) is 10.0 Å². The van der Waals surface area contributed by atoms with Crippen LogP contribution in [0.3, 0.4) is 0 Å². The van der Waals surface area contributed by atoms with E-state index in [-0.39, 0.29) is 17.6 Å². The molecule has 0 aliphatic carbocycles. The molecule has 1 amide bonds. The Balaban J connectivity index is 1.29. The van der Waals surface area contributed by atoms with Crippen molar-refractivity contribution >= 4 is 46.2 Å². The minimum atomic E-state index is -0.0990. The fraction of sp³-hybridized carbons (Fsp3) is 0.292. The molecule has 0 bridgehead atoms. The molecular weight excluding hydrogens is 451 g/mol. The Bertz CT molecular complexity index is 1080. The summed E-state index contributed by atoms with van der Waals surface area (Å²) in [6.07, 6.45) is 2.39. The molecule has 31 heavy (non-hydrogen) atoms. The highest BCUT2D eigenvalue weighted by Gasteiger charge is 2.28. The van der Waals surface area contributed by atoms with Crippen LogP contribution in [0, 0.1) is 5.92 Å². The largest absolute Gasteiger partial charge is 0.342 e. The van der Waals surface area contributed by atoms with E-state index in [1.807, 2.05) is 28.5 Å². The Morgan fingerprint density at radius 3 is 2.48 bits per heavy atom. The average Bonchev–Trinajstić information content (AvgIpc) is 3.22. The standard InChI is InChI=1S/C24H22Cl2N2O2S/c25-20-7-6-18(13-21(20)26)24(30)17-8-10-28(11-9-17)23(29)14-19-15-31-22(27-19)12-16-4-2-1-3-5-16/h1-7,13,15,17H,8-12,14H2. The second kappa shape index (κ2) is 9.94. The highest BCUT2D eigenvalue weighted by Crippen LogP contribution is 2.27. The number of amides is 1. The van der Waals surface area contributed by atoms with Gasteiger partial charge in [-0.1, -0.05) is 53.5 Å². The van der Waals surface area contributed by atoms with E-state index in [1.54, 1.807) is 29.5 Å². The molecule has 1 aliphatic rings. The summed E-state index contributed by atoms with van der Waals surface area (Å²) in [7, 11) is 0. The zero-order chi connectivity index (χ0) is 21.8. The van der Waals surface area contributed by atoms with Crippen molar-refractivity contribution in [1.29, 1.82) is 0 Å². The highest BCUT2D eigenvalue weighted by atomic mass is 35.5. The Labute approximate surface area is 195 Å². The van der Waals surface area contributed by atoms with Gasteiger partial charge in [0.2, 0.25) is 5.91 Å². The first-order valence-electron chi connectivity index (χ1n) is 10.2. The third-order valence-corrected chi connectivity index (χ3v) is 7.19. The van der Waals surface area contributed by atoms with Gasteiger partial charge in [0.25, 0.3) is 0 Å². The minimum absolute atomic E-state index is 0.0655. The Kier molecular flexibility index (Phi) is 7.06. The zero-order valence-electron chi connectivity index (χ0n) is 16.9. The number of hydrogen-bond donors (Lipinski definition) is 0. The number of carbonyl (C=O) groups excluding carboxylic acids is 2. The Morgan fingerprint density at radius 2 is 1.77 bits per heavy atom. The molecule has 0 radical (unpaired) electrons. The summed E-state index contributed by atoms with van der Waals surface area (Å²) in [6.45, 7) is 1.16. The van der Waals surface area contributed by atoms with Gasteiger partial charge >= 0.3 is 0 Å². The first-order valence-corrected chi connectivity index (χ1v) is 11.9. The first-order chi connectivity index (χ1) is 15.0. The lowest BCUT2D eigenvalue weighted by molar-refractivity contribution is -0.131. The number of piperidine rings is 1. The Morgan fingerprint density at radius 1 is 1.03 bits per heavy atom.